The summed E-state index contributed by atoms with van der Waals surface area (Å²) >= 11 is 0. The molecule has 0 amide bonds. The normalized spacial score (nSPS) is 34.4. The summed E-state index contributed by atoms with van der Waals surface area (Å²) in [6.45, 7) is 11.0. The summed E-state index contributed by atoms with van der Waals surface area (Å²) < 4.78 is 0. The molecular formula is C15H30N2. The molecule has 2 nitrogen and oxygen atoms in total. The highest BCUT2D eigenvalue weighted by atomic mass is 15.1. The van der Waals surface area contributed by atoms with Crippen LogP contribution in [0.1, 0.15) is 52.9 Å². The van der Waals surface area contributed by atoms with Crippen LogP contribution in [0.5, 0.6) is 0 Å². The molecule has 0 aromatic heterocycles. The molecule has 0 aromatic rings. The Hall–Kier alpha value is -0.0800. The van der Waals surface area contributed by atoms with Crippen molar-refractivity contribution in [3.63, 3.8) is 0 Å². The lowest BCUT2D eigenvalue weighted by molar-refractivity contribution is 0.0956. The summed E-state index contributed by atoms with van der Waals surface area (Å²) in [7, 11) is 2.34. The smallest absolute Gasteiger partial charge is 0.00928 e. The van der Waals surface area contributed by atoms with Crippen molar-refractivity contribution in [3.8, 4) is 0 Å². The maximum absolute atomic E-state index is 3.51. The molecule has 0 spiro atoms. The second-order valence-electron chi connectivity index (χ2n) is 7.55. The molecule has 1 N–H and O–H groups in total. The van der Waals surface area contributed by atoms with E-state index < -0.39 is 0 Å². The molecule has 1 aliphatic heterocycles. The second-order valence-corrected chi connectivity index (χ2v) is 7.55. The number of hydrogen-bond acceptors (Lipinski definition) is 2. The predicted molar refractivity (Wildman–Crippen MR) is 74.3 cm³/mol. The van der Waals surface area contributed by atoms with Gasteiger partial charge < -0.3 is 10.2 Å². The molecule has 2 rings (SSSR count). The third-order valence-corrected chi connectivity index (χ3v) is 5.02. The molecule has 1 saturated carbocycles. The van der Waals surface area contributed by atoms with Gasteiger partial charge in [0.05, 0.1) is 0 Å². The summed E-state index contributed by atoms with van der Waals surface area (Å²) in [5.41, 5.74) is 1.11. The molecule has 2 fully saturated rings. The molecule has 2 aliphatic rings. The highest BCUT2D eigenvalue weighted by molar-refractivity contribution is 4.89. The third kappa shape index (κ3) is 3.45. The van der Waals surface area contributed by atoms with Crippen molar-refractivity contribution in [2.75, 3.05) is 26.7 Å². The average molecular weight is 238 g/mol. The fraction of sp³-hybridized carbons (Fsp3) is 1.00. The van der Waals surface area contributed by atoms with E-state index in [-0.39, 0.29) is 0 Å². The summed E-state index contributed by atoms with van der Waals surface area (Å²) in [4.78, 5) is 2.64. The van der Waals surface area contributed by atoms with E-state index in [0.717, 1.165) is 6.04 Å². The van der Waals surface area contributed by atoms with Crippen molar-refractivity contribution >= 4 is 0 Å². The first-order chi connectivity index (χ1) is 7.90. The Bertz CT molecular complexity index is 244. The van der Waals surface area contributed by atoms with Gasteiger partial charge in [-0.1, -0.05) is 20.8 Å². The van der Waals surface area contributed by atoms with Gasteiger partial charge in [-0.05, 0) is 56.5 Å². The van der Waals surface area contributed by atoms with Gasteiger partial charge in [-0.25, -0.2) is 0 Å². The number of nitrogens with zero attached hydrogens (tertiary/aromatic N) is 1. The van der Waals surface area contributed by atoms with E-state index in [1.54, 1.807) is 0 Å². The van der Waals surface area contributed by atoms with Crippen LogP contribution in [0, 0.1) is 10.8 Å². The van der Waals surface area contributed by atoms with Crippen LogP contribution in [-0.4, -0.2) is 37.6 Å². The Morgan fingerprint density at radius 1 is 1.12 bits per heavy atom. The summed E-state index contributed by atoms with van der Waals surface area (Å²) in [6, 6.07) is 0.834. The van der Waals surface area contributed by atoms with Crippen LogP contribution in [0.25, 0.3) is 0 Å². The molecule has 0 aromatic carbocycles. The standard InChI is InChI=1S/C15H30N2/c1-14(2)7-5-13(6-8-14)17(4)12-15(3)9-10-16-11-15/h13,16H,5-12H2,1-4H3. The zero-order valence-corrected chi connectivity index (χ0v) is 12.2. The molecule has 1 atom stereocenters. The lowest BCUT2D eigenvalue weighted by Crippen LogP contribution is -2.43. The van der Waals surface area contributed by atoms with Crippen molar-refractivity contribution in [1.82, 2.24) is 10.2 Å². The van der Waals surface area contributed by atoms with Crippen molar-refractivity contribution in [2.45, 2.75) is 58.9 Å². The number of rotatable bonds is 3. The Labute approximate surface area is 107 Å². The molecule has 2 heteroatoms. The Balaban J connectivity index is 1.82. The van der Waals surface area contributed by atoms with Gasteiger partial charge in [0.1, 0.15) is 0 Å². The van der Waals surface area contributed by atoms with E-state index in [2.05, 4.69) is 38.0 Å². The van der Waals surface area contributed by atoms with Gasteiger partial charge in [-0.3, -0.25) is 0 Å². The van der Waals surface area contributed by atoms with Crippen molar-refractivity contribution in [3.05, 3.63) is 0 Å². The zero-order chi connectivity index (χ0) is 12.5. The van der Waals surface area contributed by atoms with E-state index in [1.807, 2.05) is 0 Å². The van der Waals surface area contributed by atoms with Crippen molar-refractivity contribution in [2.24, 2.45) is 10.8 Å². The van der Waals surface area contributed by atoms with Crippen LogP contribution in [0.4, 0.5) is 0 Å². The predicted octanol–water partition coefficient (Wildman–Crippen LogP) is 2.89. The molecule has 1 heterocycles. The highest BCUT2D eigenvalue weighted by Gasteiger charge is 2.34. The summed E-state index contributed by atoms with van der Waals surface area (Å²) in [5.74, 6) is 0. The monoisotopic (exact) mass is 238 g/mol. The van der Waals surface area contributed by atoms with Crippen LogP contribution >= 0.6 is 0 Å². The molecule has 1 aliphatic carbocycles. The Morgan fingerprint density at radius 2 is 1.76 bits per heavy atom. The van der Waals surface area contributed by atoms with Gasteiger partial charge in [-0.15, -0.1) is 0 Å². The van der Waals surface area contributed by atoms with Gasteiger partial charge >= 0.3 is 0 Å². The fourth-order valence-corrected chi connectivity index (χ4v) is 3.56. The Kier molecular flexibility index (Phi) is 3.84. The summed E-state index contributed by atoms with van der Waals surface area (Å²) in [5, 5.41) is 3.51. The third-order valence-electron chi connectivity index (χ3n) is 5.02. The maximum atomic E-state index is 3.51. The minimum absolute atomic E-state index is 0.516. The number of hydrogen-bond donors (Lipinski definition) is 1. The van der Waals surface area contributed by atoms with Crippen molar-refractivity contribution in [1.29, 1.82) is 0 Å². The minimum atomic E-state index is 0.516. The van der Waals surface area contributed by atoms with E-state index in [4.69, 9.17) is 0 Å². The molecule has 1 unspecified atom stereocenters. The van der Waals surface area contributed by atoms with Crippen molar-refractivity contribution < 1.29 is 0 Å². The summed E-state index contributed by atoms with van der Waals surface area (Å²) in [6.07, 6.45) is 6.93. The minimum Gasteiger partial charge on any atom is -0.316 e. The van der Waals surface area contributed by atoms with Gasteiger partial charge in [0.2, 0.25) is 0 Å². The first-order valence-corrected chi connectivity index (χ1v) is 7.31. The van der Waals surface area contributed by atoms with E-state index in [1.165, 1.54) is 51.7 Å². The van der Waals surface area contributed by atoms with Crippen LogP contribution in [0.2, 0.25) is 0 Å². The molecule has 0 radical (unpaired) electrons. The van der Waals surface area contributed by atoms with Gasteiger partial charge in [0.15, 0.2) is 0 Å². The average Bonchev–Trinajstić information content (AvgIpc) is 2.64. The number of nitrogens with one attached hydrogen (secondary N) is 1. The van der Waals surface area contributed by atoms with Crippen LogP contribution in [0.15, 0.2) is 0 Å². The van der Waals surface area contributed by atoms with Gasteiger partial charge in [0, 0.05) is 19.1 Å². The SMILES string of the molecule is CN(CC1(C)CCNC1)C1CCC(C)(C)CC1. The first-order valence-electron chi connectivity index (χ1n) is 7.31. The van der Waals surface area contributed by atoms with Crippen LogP contribution in [-0.2, 0) is 0 Å². The van der Waals surface area contributed by atoms with Crippen LogP contribution in [0.3, 0.4) is 0 Å². The van der Waals surface area contributed by atoms with Gasteiger partial charge in [-0.2, -0.15) is 0 Å². The quantitative estimate of drug-likeness (QED) is 0.813. The molecule has 1 saturated heterocycles. The molecule has 17 heavy (non-hydrogen) atoms. The lowest BCUT2D eigenvalue weighted by Gasteiger charge is -2.41. The maximum Gasteiger partial charge on any atom is 0.00928 e. The topological polar surface area (TPSA) is 15.3 Å². The largest absolute Gasteiger partial charge is 0.316 e. The van der Waals surface area contributed by atoms with Gasteiger partial charge in [0.25, 0.3) is 0 Å². The molecule has 100 valence electrons. The molecule has 0 bridgehead atoms. The highest BCUT2D eigenvalue weighted by Crippen LogP contribution is 2.37. The van der Waals surface area contributed by atoms with Crippen LogP contribution < -0.4 is 5.32 Å². The molecular weight excluding hydrogens is 208 g/mol. The van der Waals surface area contributed by atoms with E-state index in [0.29, 0.717) is 10.8 Å². The zero-order valence-electron chi connectivity index (χ0n) is 12.2. The second kappa shape index (κ2) is 4.89. The first kappa shape index (κ1) is 13.4. The fourth-order valence-electron chi connectivity index (χ4n) is 3.56. The van der Waals surface area contributed by atoms with E-state index >= 15 is 0 Å². The van der Waals surface area contributed by atoms with E-state index in [9.17, 15) is 0 Å². The Morgan fingerprint density at radius 3 is 2.29 bits per heavy atom. The lowest BCUT2D eigenvalue weighted by atomic mass is 9.75.